The number of hydrogen-bond acceptors (Lipinski definition) is 2. The third-order valence-corrected chi connectivity index (χ3v) is 3.55. The zero-order valence-corrected chi connectivity index (χ0v) is 11.7. The molecule has 1 aliphatic rings. The molecule has 1 aliphatic heterocycles. The number of halogens is 1. The van der Waals surface area contributed by atoms with Crippen molar-refractivity contribution in [3.63, 3.8) is 0 Å². The molecule has 0 bridgehead atoms. The molecule has 1 heterocycles. The molecule has 1 amide bonds. The second-order valence-electron chi connectivity index (χ2n) is 4.38. The summed E-state index contributed by atoms with van der Waals surface area (Å²) in [5, 5.41) is 0. The van der Waals surface area contributed by atoms with Gasteiger partial charge in [0.15, 0.2) is 0 Å². The summed E-state index contributed by atoms with van der Waals surface area (Å²) in [6.45, 7) is 5.91. The molecule has 3 nitrogen and oxygen atoms in total. The summed E-state index contributed by atoms with van der Waals surface area (Å²) in [6, 6.07) is 5.95. The van der Waals surface area contributed by atoms with Crippen molar-refractivity contribution in [3.05, 3.63) is 33.8 Å². The van der Waals surface area contributed by atoms with Gasteiger partial charge in [-0.2, -0.15) is 0 Å². The molecule has 1 atom stereocenters. The number of rotatable bonds is 1. The van der Waals surface area contributed by atoms with Crippen molar-refractivity contribution in [1.82, 2.24) is 4.90 Å². The average molecular weight is 298 g/mol. The molecule has 1 unspecified atom stereocenters. The standard InChI is InChI=1S/C13H16BrNO2/c1-9-3-4-11(14)7-12(9)13(16)15-5-6-17-8-10(15)2/h3-4,7,10H,5-6,8H2,1-2H3. The van der Waals surface area contributed by atoms with Crippen molar-refractivity contribution in [2.45, 2.75) is 19.9 Å². The van der Waals surface area contributed by atoms with E-state index in [9.17, 15) is 4.79 Å². The predicted molar refractivity (Wildman–Crippen MR) is 70.2 cm³/mol. The predicted octanol–water partition coefficient (Wildman–Crippen LogP) is 2.62. The van der Waals surface area contributed by atoms with Gasteiger partial charge >= 0.3 is 0 Å². The Morgan fingerprint density at radius 3 is 3.00 bits per heavy atom. The van der Waals surface area contributed by atoms with Crippen LogP contribution >= 0.6 is 15.9 Å². The number of aryl methyl sites for hydroxylation is 1. The molecular formula is C13H16BrNO2. The Morgan fingerprint density at radius 1 is 1.53 bits per heavy atom. The van der Waals surface area contributed by atoms with Crippen LogP contribution in [0.15, 0.2) is 22.7 Å². The molecule has 1 saturated heterocycles. The van der Waals surface area contributed by atoms with Gasteiger partial charge in [0.2, 0.25) is 0 Å². The Bertz CT molecular complexity index is 433. The lowest BCUT2D eigenvalue weighted by Gasteiger charge is -2.33. The van der Waals surface area contributed by atoms with E-state index in [-0.39, 0.29) is 11.9 Å². The maximum Gasteiger partial charge on any atom is 0.254 e. The highest BCUT2D eigenvalue weighted by Crippen LogP contribution is 2.19. The van der Waals surface area contributed by atoms with Crippen molar-refractivity contribution in [1.29, 1.82) is 0 Å². The molecule has 0 N–H and O–H groups in total. The number of carbonyl (C=O) groups excluding carboxylic acids is 1. The molecule has 0 saturated carbocycles. The largest absolute Gasteiger partial charge is 0.377 e. The second kappa shape index (κ2) is 5.19. The van der Waals surface area contributed by atoms with Crippen molar-refractivity contribution < 1.29 is 9.53 Å². The Morgan fingerprint density at radius 2 is 2.29 bits per heavy atom. The Labute approximate surface area is 110 Å². The summed E-state index contributed by atoms with van der Waals surface area (Å²) in [7, 11) is 0. The van der Waals surface area contributed by atoms with Crippen LogP contribution in [0.3, 0.4) is 0 Å². The number of ether oxygens (including phenoxy) is 1. The van der Waals surface area contributed by atoms with Gasteiger partial charge in [0.1, 0.15) is 0 Å². The highest BCUT2D eigenvalue weighted by atomic mass is 79.9. The lowest BCUT2D eigenvalue weighted by molar-refractivity contribution is 0.00355. The number of morpholine rings is 1. The van der Waals surface area contributed by atoms with Gasteiger partial charge in [0.05, 0.1) is 19.3 Å². The third kappa shape index (κ3) is 2.69. The van der Waals surface area contributed by atoms with E-state index in [0.29, 0.717) is 19.8 Å². The number of nitrogens with zero attached hydrogens (tertiary/aromatic N) is 1. The fourth-order valence-corrected chi connectivity index (χ4v) is 2.37. The molecule has 0 aromatic heterocycles. The van der Waals surface area contributed by atoms with E-state index >= 15 is 0 Å². The van der Waals surface area contributed by atoms with E-state index in [1.807, 2.05) is 36.9 Å². The maximum absolute atomic E-state index is 12.4. The maximum atomic E-state index is 12.4. The highest BCUT2D eigenvalue weighted by Gasteiger charge is 2.25. The number of benzene rings is 1. The minimum absolute atomic E-state index is 0.0969. The van der Waals surface area contributed by atoms with Crippen LogP contribution in [0.2, 0.25) is 0 Å². The third-order valence-electron chi connectivity index (χ3n) is 3.06. The van der Waals surface area contributed by atoms with Crippen molar-refractivity contribution in [3.8, 4) is 0 Å². The lowest BCUT2D eigenvalue weighted by Crippen LogP contribution is -2.47. The Hall–Kier alpha value is -0.870. The molecule has 17 heavy (non-hydrogen) atoms. The monoisotopic (exact) mass is 297 g/mol. The Balaban J connectivity index is 2.26. The van der Waals surface area contributed by atoms with Gasteiger partial charge < -0.3 is 9.64 Å². The molecule has 1 aromatic carbocycles. The molecule has 2 rings (SSSR count). The van der Waals surface area contributed by atoms with Gasteiger partial charge in [-0.05, 0) is 31.5 Å². The van der Waals surface area contributed by atoms with Crippen LogP contribution < -0.4 is 0 Å². The molecule has 1 aromatic rings. The van der Waals surface area contributed by atoms with Crippen LogP contribution in [0.5, 0.6) is 0 Å². The fourth-order valence-electron chi connectivity index (χ4n) is 2.01. The van der Waals surface area contributed by atoms with Gasteiger partial charge in [-0.15, -0.1) is 0 Å². The first-order valence-electron chi connectivity index (χ1n) is 5.74. The van der Waals surface area contributed by atoms with Crippen LogP contribution in [0.25, 0.3) is 0 Å². The molecule has 0 radical (unpaired) electrons. The van der Waals surface area contributed by atoms with E-state index in [1.54, 1.807) is 0 Å². The van der Waals surface area contributed by atoms with E-state index in [4.69, 9.17) is 4.74 Å². The van der Waals surface area contributed by atoms with Crippen molar-refractivity contribution in [2.24, 2.45) is 0 Å². The first kappa shape index (κ1) is 12.6. The van der Waals surface area contributed by atoms with Gasteiger partial charge in [-0.1, -0.05) is 22.0 Å². The minimum Gasteiger partial charge on any atom is -0.377 e. The van der Waals surface area contributed by atoms with Crippen molar-refractivity contribution >= 4 is 21.8 Å². The quantitative estimate of drug-likeness (QED) is 0.797. The molecule has 92 valence electrons. The van der Waals surface area contributed by atoms with Crippen LogP contribution in [0.4, 0.5) is 0 Å². The summed E-state index contributed by atoms with van der Waals surface area (Å²) in [5.41, 5.74) is 1.78. The van der Waals surface area contributed by atoms with Crippen LogP contribution in [0, 0.1) is 6.92 Å². The van der Waals surface area contributed by atoms with Crippen LogP contribution in [-0.2, 0) is 4.74 Å². The minimum atomic E-state index is 0.0969. The van der Waals surface area contributed by atoms with Crippen LogP contribution in [-0.4, -0.2) is 36.6 Å². The summed E-state index contributed by atoms with van der Waals surface area (Å²) < 4.78 is 6.29. The summed E-state index contributed by atoms with van der Waals surface area (Å²) in [4.78, 5) is 14.3. The summed E-state index contributed by atoms with van der Waals surface area (Å²) >= 11 is 3.41. The lowest BCUT2D eigenvalue weighted by atomic mass is 10.1. The van der Waals surface area contributed by atoms with E-state index in [1.165, 1.54) is 0 Å². The van der Waals surface area contributed by atoms with Gasteiger partial charge in [-0.3, -0.25) is 4.79 Å². The van der Waals surface area contributed by atoms with Gasteiger partial charge in [0.25, 0.3) is 5.91 Å². The molecule has 4 heteroatoms. The molecule has 1 fully saturated rings. The van der Waals surface area contributed by atoms with Crippen molar-refractivity contribution in [2.75, 3.05) is 19.8 Å². The summed E-state index contributed by atoms with van der Waals surface area (Å²) in [6.07, 6.45) is 0. The molecule has 0 aliphatic carbocycles. The molecule has 0 spiro atoms. The first-order chi connectivity index (χ1) is 8.09. The highest BCUT2D eigenvalue weighted by molar-refractivity contribution is 9.10. The van der Waals surface area contributed by atoms with E-state index in [0.717, 1.165) is 15.6 Å². The zero-order valence-electron chi connectivity index (χ0n) is 10.1. The van der Waals surface area contributed by atoms with Gasteiger partial charge in [-0.25, -0.2) is 0 Å². The topological polar surface area (TPSA) is 29.5 Å². The average Bonchev–Trinajstić information content (AvgIpc) is 2.32. The number of carbonyl (C=O) groups is 1. The smallest absolute Gasteiger partial charge is 0.254 e. The second-order valence-corrected chi connectivity index (χ2v) is 5.30. The Kier molecular flexibility index (Phi) is 3.84. The van der Waals surface area contributed by atoms with Crippen LogP contribution in [0.1, 0.15) is 22.8 Å². The van der Waals surface area contributed by atoms with Gasteiger partial charge in [0, 0.05) is 16.6 Å². The first-order valence-corrected chi connectivity index (χ1v) is 6.54. The number of amides is 1. The normalized spacial score (nSPS) is 20.4. The zero-order chi connectivity index (χ0) is 12.4. The van der Waals surface area contributed by atoms with E-state index < -0.39 is 0 Å². The van der Waals surface area contributed by atoms with E-state index in [2.05, 4.69) is 15.9 Å². The fraction of sp³-hybridized carbons (Fsp3) is 0.462. The summed E-state index contributed by atoms with van der Waals surface area (Å²) in [5.74, 6) is 0.0969. The number of hydrogen-bond donors (Lipinski definition) is 0. The molecular weight excluding hydrogens is 282 g/mol. The SMILES string of the molecule is Cc1ccc(Br)cc1C(=O)N1CCOCC1C.